The molecule has 4 atom stereocenters. The Bertz CT molecular complexity index is 195. The van der Waals surface area contributed by atoms with Crippen molar-refractivity contribution in [3.05, 3.63) is 0 Å². The van der Waals surface area contributed by atoms with Gasteiger partial charge in [0.05, 0.1) is 0 Å². The van der Waals surface area contributed by atoms with Crippen LogP contribution in [-0.2, 0) is 0 Å². The van der Waals surface area contributed by atoms with Crippen molar-refractivity contribution in [3.63, 3.8) is 0 Å². The van der Waals surface area contributed by atoms with Gasteiger partial charge in [0.1, 0.15) is 0 Å². The van der Waals surface area contributed by atoms with Crippen LogP contribution < -0.4 is 0 Å². The molecule has 2 fully saturated rings. The molecule has 2 aliphatic rings. The number of hydrogen-bond donors (Lipinski definition) is 0. The van der Waals surface area contributed by atoms with Crippen LogP contribution in [0.5, 0.6) is 0 Å². The van der Waals surface area contributed by atoms with Crippen LogP contribution in [0.1, 0.15) is 32.6 Å². The van der Waals surface area contributed by atoms with Crippen molar-refractivity contribution in [1.82, 2.24) is 4.90 Å². The molecule has 0 N–H and O–H groups in total. The Labute approximate surface area is 102 Å². The number of piperidine rings is 1. The van der Waals surface area contributed by atoms with Gasteiger partial charge in [0.15, 0.2) is 0 Å². The summed E-state index contributed by atoms with van der Waals surface area (Å²) in [6, 6.07) is 0.910. The summed E-state index contributed by atoms with van der Waals surface area (Å²) in [5.74, 6) is 2.98. The minimum absolute atomic E-state index is 0.910. The molecule has 0 amide bonds. The molecule has 2 rings (SSSR count). The van der Waals surface area contributed by atoms with Gasteiger partial charge in [-0.2, -0.15) is 0 Å². The van der Waals surface area contributed by atoms with Crippen molar-refractivity contribution < 1.29 is 0 Å². The maximum absolute atomic E-state index is 2.63. The highest BCUT2D eigenvalue weighted by atomic mass is 127. The van der Waals surface area contributed by atoms with Gasteiger partial charge < -0.3 is 4.90 Å². The number of alkyl halides is 1. The van der Waals surface area contributed by atoms with E-state index in [9.17, 15) is 0 Å². The molecule has 0 aromatic carbocycles. The SMILES string of the molecule is C[C@@H]1C[C@@H](CI)[C@H]2CCCN(C)[C@@H]2C1. The fourth-order valence-electron chi connectivity index (χ4n) is 3.54. The zero-order valence-electron chi connectivity index (χ0n) is 9.38. The zero-order valence-corrected chi connectivity index (χ0v) is 11.5. The lowest BCUT2D eigenvalue weighted by Gasteiger charge is -2.48. The molecule has 0 radical (unpaired) electrons. The molecule has 1 aliphatic carbocycles. The van der Waals surface area contributed by atoms with Crippen molar-refractivity contribution >= 4 is 22.6 Å². The average Bonchev–Trinajstić information content (AvgIpc) is 2.18. The van der Waals surface area contributed by atoms with Crippen LogP contribution in [0.15, 0.2) is 0 Å². The molecule has 1 saturated heterocycles. The third kappa shape index (κ3) is 2.11. The maximum atomic E-state index is 2.63. The van der Waals surface area contributed by atoms with Gasteiger partial charge in [0, 0.05) is 10.5 Å². The van der Waals surface area contributed by atoms with Crippen LogP contribution in [0.25, 0.3) is 0 Å². The van der Waals surface area contributed by atoms with Crippen molar-refractivity contribution in [3.8, 4) is 0 Å². The Morgan fingerprint density at radius 2 is 2.14 bits per heavy atom. The molecular formula is C12H22IN. The summed E-state index contributed by atoms with van der Waals surface area (Å²) in [7, 11) is 2.33. The average molecular weight is 307 g/mol. The minimum atomic E-state index is 0.910. The van der Waals surface area contributed by atoms with E-state index in [1.54, 1.807) is 0 Å². The number of hydrogen-bond acceptors (Lipinski definition) is 1. The second-order valence-electron chi connectivity index (χ2n) is 5.34. The Kier molecular flexibility index (Phi) is 3.74. The summed E-state index contributed by atoms with van der Waals surface area (Å²) < 4.78 is 1.37. The van der Waals surface area contributed by atoms with Gasteiger partial charge in [0.25, 0.3) is 0 Å². The number of rotatable bonds is 1. The van der Waals surface area contributed by atoms with Crippen LogP contribution in [0.4, 0.5) is 0 Å². The number of fused-ring (bicyclic) bond motifs is 1. The van der Waals surface area contributed by atoms with Crippen molar-refractivity contribution in [2.45, 2.75) is 38.6 Å². The second kappa shape index (κ2) is 4.69. The summed E-state index contributed by atoms with van der Waals surface area (Å²) in [4.78, 5) is 2.63. The van der Waals surface area contributed by atoms with Gasteiger partial charge in [-0.25, -0.2) is 0 Å². The second-order valence-corrected chi connectivity index (χ2v) is 6.23. The quantitative estimate of drug-likeness (QED) is 0.531. The van der Waals surface area contributed by atoms with Gasteiger partial charge in [-0.15, -0.1) is 0 Å². The Morgan fingerprint density at radius 3 is 2.86 bits per heavy atom. The molecule has 1 aliphatic heterocycles. The first-order valence-corrected chi connectivity index (χ1v) is 7.51. The van der Waals surface area contributed by atoms with Crippen molar-refractivity contribution in [2.75, 3.05) is 18.0 Å². The lowest BCUT2D eigenvalue weighted by molar-refractivity contribution is 0.0315. The lowest BCUT2D eigenvalue weighted by atomic mass is 9.69. The standard InChI is InChI=1S/C12H22IN/c1-9-6-10(8-13)11-4-3-5-14(2)12(11)7-9/h9-12H,3-8H2,1-2H3/t9-,10+,11-,12-/m1/s1. The van der Waals surface area contributed by atoms with Crippen LogP contribution in [0.2, 0.25) is 0 Å². The first-order chi connectivity index (χ1) is 6.72. The molecule has 2 heteroatoms. The third-order valence-corrected chi connectivity index (χ3v) is 5.39. The van der Waals surface area contributed by atoms with Crippen LogP contribution in [0, 0.1) is 17.8 Å². The normalized spacial score (nSPS) is 44.8. The number of halogens is 1. The molecule has 0 bridgehead atoms. The first-order valence-electron chi connectivity index (χ1n) is 5.98. The lowest BCUT2D eigenvalue weighted by Crippen LogP contribution is -2.49. The highest BCUT2D eigenvalue weighted by molar-refractivity contribution is 14.1. The van der Waals surface area contributed by atoms with Crippen LogP contribution in [0.3, 0.4) is 0 Å². The maximum Gasteiger partial charge on any atom is 0.0126 e. The monoisotopic (exact) mass is 307 g/mol. The van der Waals surface area contributed by atoms with Crippen LogP contribution >= 0.6 is 22.6 Å². The molecule has 1 nitrogen and oxygen atoms in total. The summed E-state index contributed by atoms with van der Waals surface area (Å²) in [5.41, 5.74) is 0. The smallest absolute Gasteiger partial charge is 0.0126 e. The van der Waals surface area contributed by atoms with E-state index in [0.717, 1.165) is 23.8 Å². The van der Waals surface area contributed by atoms with E-state index < -0.39 is 0 Å². The van der Waals surface area contributed by atoms with E-state index in [0.29, 0.717) is 0 Å². The summed E-state index contributed by atoms with van der Waals surface area (Å²) in [6.45, 7) is 3.78. The van der Waals surface area contributed by atoms with Gasteiger partial charge in [-0.1, -0.05) is 29.5 Å². The van der Waals surface area contributed by atoms with E-state index in [1.807, 2.05) is 0 Å². The molecule has 1 heterocycles. The van der Waals surface area contributed by atoms with Crippen molar-refractivity contribution in [1.29, 1.82) is 0 Å². The minimum Gasteiger partial charge on any atom is -0.303 e. The van der Waals surface area contributed by atoms with E-state index in [-0.39, 0.29) is 0 Å². The molecule has 0 unspecified atom stereocenters. The molecule has 82 valence electrons. The van der Waals surface area contributed by atoms with E-state index in [1.165, 1.54) is 36.7 Å². The highest BCUT2D eigenvalue weighted by Gasteiger charge is 2.39. The summed E-state index contributed by atoms with van der Waals surface area (Å²) in [6.07, 6.45) is 5.86. The largest absolute Gasteiger partial charge is 0.303 e. The van der Waals surface area contributed by atoms with Gasteiger partial charge in [-0.05, 0) is 57.0 Å². The van der Waals surface area contributed by atoms with Gasteiger partial charge >= 0.3 is 0 Å². The van der Waals surface area contributed by atoms with Gasteiger partial charge in [-0.3, -0.25) is 0 Å². The summed E-state index contributed by atoms with van der Waals surface area (Å²) >= 11 is 2.59. The Morgan fingerprint density at radius 1 is 1.36 bits per heavy atom. The molecular weight excluding hydrogens is 285 g/mol. The molecule has 0 spiro atoms. The molecule has 1 saturated carbocycles. The number of nitrogens with zero attached hydrogens (tertiary/aromatic N) is 1. The third-order valence-electron chi connectivity index (χ3n) is 4.26. The highest BCUT2D eigenvalue weighted by Crippen LogP contribution is 2.41. The van der Waals surface area contributed by atoms with Crippen molar-refractivity contribution in [2.24, 2.45) is 17.8 Å². The summed E-state index contributed by atoms with van der Waals surface area (Å²) in [5, 5.41) is 0. The fraction of sp³-hybridized carbons (Fsp3) is 1.00. The predicted octanol–water partition coefficient (Wildman–Crippen LogP) is 3.18. The fourth-order valence-corrected chi connectivity index (χ4v) is 4.56. The topological polar surface area (TPSA) is 3.24 Å². The van der Waals surface area contributed by atoms with E-state index in [4.69, 9.17) is 0 Å². The zero-order chi connectivity index (χ0) is 10.1. The Hall–Kier alpha value is 0.690. The van der Waals surface area contributed by atoms with E-state index in [2.05, 4.69) is 41.5 Å². The van der Waals surface area contributed by atoms with Gasteiger partial charge in [0.2, 0.25) is 0 Å². The molecule has 0 aromatic heterocycles. The Balaban J connectivity index is 2.09. The molecule has 14 heavy (non-hydrogen) atoms. The number of likely N-dealkylation sites (tertiary alicyclic amines) is 1. The van der Waals surface area contributed by atoms with E-state index >= 15 is 0 Å². The van der Waals surface area contributed by atoms with Crippen LogP contribution in [-0.4, -0.2) is 29.0 Å². The first kappa shape index (κ1) is 11.2. The molecule has 0 aromatic rings. The predicted molar refractivity (Wildman–Crippen MR) is 69.9 cm³/mol.